The van der Waals surface area contributed by atoms with Crippen LogP contribution in [0.1, 0.15) is 37.0 Å². The summed E-state index contributed by atoms with van der Waals surface area (Å²) in [6.07, 6.45) is 4.99. The van der Waals surface area contributed by atoms with Crippen molar-refractivity contribution in [2.45, 2.75) is 42.7 Å². The Kier molecular flexibility index (Phi) is 9.96. The average molecular weight is 410 g/mol. The second-order valence-corrected chi connectivity index (χ2v) is 9.33. The molecule has 2 N–H and O–H groups in total. The number of nitrogens with zero attached hydrogens (tertiary/aromatic N) is 1. The third kappa shape index (κ3) is 6.86. The van der Waals surface area contributed by atoms with Gasteiger partial charge in [-0.25, -0.2) is 8.42 Å². The Labute approximate surface area is 160 Å². The predicted molar refractivity (Wildman–Crippen MR) is 104 cm³/mol. The monoisotopic (exact) mass is 409 g/mol. The van der Waals surface area contributed by atoms with Crippen molar-refractivity contribution in [3.63, 3.8) is 0 Å². The van der Waals surface area contributed by atoms with Gasteiger partial charge in [0.2, 0.25) is 5.91 Å². The summed E-state index contributed by atoms with van der Waals surface area (Å²) in [5, 5.41) is 5.89. The number of rotatable bonds is 9. The van der Waals surface area contributed by atoms with Crippen LogP contribution in [0.3, 0.4) is 0 Å². The molecule has 25 heavy (non-hydrogen) atoms. The summed E-state index contributed by atoms with van der Waals surface area (Å²) in [7, 11) is -1.47. The quantitative estimate of drug-likeness (QED) is 0.611. The second-order valence-electron chi connectivity index (χ2n) is 5.99. The minimum Gasteiger partial charge on any atom is -0.356 e. The first-order valence-electron chi connectivity index (χ1n) is 8.54. The molecule has 0 atom stereocenters. The van der Waals surface area contributed by atoms with E-state index in [9.17, 15) is 13.2 Å². The molecule has 1 fully saturated rings. The number of carbonyl (C=O) groups excluding carboxylic acids is 1. The number of carbonyl (C=O) groups is 1. The molecule has 1 amide bonds. The van der Waals surface area contributed by atoms with Gasteiger partial charge in [-0.2, -0.15) is 4.31 Å². The summed E-state index contributed by atoms with van der Waals surface area (Å²) < 4.78 is 27.2. The molecule has 144 valence electrons. The summed E-state index contributed by atoms with van der Waals surface area (Å²) >= 11 is 1.32. The third-order valence-corrected chi connectivity index (χ3v) is 7.58. The van der Waals surface area contributed by atoms with Crippen molar-refractivity contribution in [2.24, 2.45) is 0 Å². The summed E-state index contributed by atoms with van der Waals surface area (Å²) in [6, 6.07) is 3.55. The van der Waals surface area contributed by atoms with Crippen molar-refractivity contribution in [3.8, 4) is 0 Å². The highest BCUT2D eigenvalue weighted by molar-refractivity contribution is 7.91. The van der Waals surface area contributed by atoms with Gasteiger partial charge in [0.1, 0.15) is 4.21 Å². The first-order chi connectivity index (χ1) is 11.5. The number of halogens is 1. The maximum absolute atomic E-state index is 12.6. The Balaban J connectivity index is 0.00000312. The molecule has 0 aliphatic carbocycles. The van der Waals surface area contributed by atoms with E-state index < -0.39 is 10.0 Å². The van der Waals surface area contributed by atoms with E-state index in [-0.39, 0.29) is 18.3 Å². The standard InChI is InChI=1S/C16H27N3O3S2.ClH/c1-17-10-5-6-15(20)18-11-9-14-7-8-16(23-14)24(21,22)19-12-3-2-4-13-19;/h7-8,17H,2-6,9-13H2,1H3,(H,18,20);1H. The SMILES string of the molecule is CNCCCC(=O)NCCc1ccc(S(=O)(=O)N2CCCCC2)s1.Cl. The van der Waals surface area contributed by atoms with E-state index in [1.165, 1.54) is 11.3 Å². The van der Waals surface area contributed by atoms with E-state index >= 15 is 0 Å². The minimum atomic E-state index is -3.34. The number of nitrogens with one attached hydrogen (secondary N) is 2. The van der Waals surface area contributed by atoms with Gasteiger partial charge in [-0.15, -0.1) is 23.7 Å². The normalized spacial score (nSPS) is 15.6. The zero-order chi connectivity index (χ0) is 17.4. The highest BCUT2D eigenvalue weighted by Gasteiger charge is 2.27. The molecule has 0 aromatic carbocycles. The number of hydrogen-bond acceptors (Lipinski definition) is 5. The van der Waals surface area contributed by atoms with E-state index in [4.69, 9.17) is 0 Å². The van der Waals surface area contributed by atoms with Crippen molar-refractivity contribution >= 4 is 39.7 Å². The third-order valence-electron chi connectivity index (χ3n) is 4.07. The highest BCUT2D eigenvalue weighted by Crippen LogP contribution is 2.27. The van der Waals surface area contributed by atoms with Crippen LogP contribution in [0.15, 0.2) is 16.3 Å². The van der Waals surface area contributed by atoms with Gasteiger partial charge in [-0.05, 0) is 51.4 Å². The smallest absolute Gasteiger partial charge is 0.252 e. The van der Waals surface area contributed by atoms with Crippen LogP contribution in [-0.4, -0.2) is 51.9 Å². The van der Waals surface area contributed by atoms with Crippen LogP contribution in [0.2, 0.25) is 0 Å². The van der Waals surface area contributed by atoms with Crippen molar-refractivity contribution in [1.29, 1.82) is 0 Å². The molecule has 9 heteroatoms. The predicted octanol–water partition coefficient (Wildman–Crippen LogP) is 2.00. The summed E-state index contributed by atoms with van der Waals surface area (Å²) in [5.74, 6) is 0.0444. The van der Waals surface area contributed by atoms with Crippen LogP contribution in [0.25, 0.3) is 0 Å². The lowest BCUT2D eigenvalue weighted by atomic mass is 10.2. The molecular formula is C16H28ClN3O3S2. The molecule has 6 nitrogen and oxygen atoms in total. The van der Waals surface area contributed by atoms with E-state index in [0.29, 0.717) is 36.7 Å². The number of hydrogen-bond donors (Lipinski definition) is 2. The molecule has 0 saturated carbocycles. The van der Waals surface area contributed by atoms with E-state index in [2.05, 4.69) is 10.6 Å². The fraction of sp³-hybridized carbons (Fsp3) is 0.688. The molecule has 0 radical (unpaired) electrons. The highest BCUT2D eigenvalue weighted by atomic mass is 35.5. The molecule has 1 aromatic heterocycles. The van der Waals surface area contributed by atoms with Crippen LogP contribution in [-0.2, 0) is 21.2 Å². The molecule has 1 aromatic rings. The number of piperidine rings is 1. The lowest BCUT2D eigenvalue weighted by molar-refractivity contribution is -0.121. The van der Waals surface area contributed by atoms with Crippen LogP contribution in [0.4, 0.5) is 0 Å². The van der Waals surface area contributed by atoms with Gasteiger partial charge < -0.3 is 10.6 Å². The largest absolute Gasteiger partial charge is 0.356 e. The fourth-order valence-electron chi connectivity index (χ4n) is 2.70. The molecule has 2 heterocycles. The Morgan fingerprint density at radius 2 is 1.92 bits per heavy atom. The van der Waals surface area contributed by atoms with Crippen LogP contribution in [0, 0.1) is 0 Å². The summed E-state index contributed by atoms with van der Waals surface area (Å²) in [6.45, 7) is 2.62. The zero-order valence-corrected chi connectivity index (χ0v) is 17.1. The Bertz CT molecular complexity index is 628. The van der Waals surface area contributed by atoms with Crippen molar-refractivity contribution < 1.29 is 13.2 Å². The van der Waals surface area contributed by atoms with Crippen molar-refractivity contribution in [3.05, 3.63) is 17.0 Å². The number of amides is 1. The summed E-state index contributed by atoms with van der Waals surface area (Å²) in [5.41, 5.74) is 0. The molecular weight excluding hydrogens is 382 g/mol. The van der Waals surface area contributed by atoms with Gasteiger partial charge in [0.25, 0.3) is 10.0 Å². The van der Waals surface area contributed by atoms with Gasteiger partial charge in [-0.1, -0.05) is 6.42 Å². The van der Waals surface area contributed by atoms with Crippen molar-refractivity contribution in [2.75, 3.05) is 33.2 Å². The Morgan fingerprint density at radius 3 is 2.60 bits per heavy atom. The van der Waals surface area contributed by atoms with Gasteiger partial charge in [0.05, 0.1) is 0 Å². The van der Waals surface area contributed by atoms with Gasteiger partial charge in [-0.3, -0.25) is 4.79 Å². The van der Waals surface area contributed by atoms with E-state index in [1.807, 2.05) is 13.1 Å². The Hall–Kier alpha value is -0.670. The molecule has 0 bridgehead atoms. The minimum absolute atomic E-state index is 0. The first kappa shape index (κ1) is 22.4. The topological polar surface area (TPSA) is 78.5 Å². The zero-order valence-electron chi connectivity index (χ0n) is 14.6. The lowest BCUT2D eigenvalue weighted by Gasteiger charge is -2.25. The molecule has 1 saturated heterocycles. The maximum Gasteiger partial charge on any atom is 0.252 e. The van der Waals surface area contributed by atoms with Gasteiger partial charge in [0.15, 0.2) is 0 Å². The fourth-order valence-corrected chi connectivity index (χ4v) is 5.73. The van der Waals surface area contributed by atoms with Crippen LogP contribution < -0.4 is 10.6 Å². The lowest BCUT2D eigenvalue weighted by Crippen LogP contribution is -2.35. The number of thiophene rings is 1. The molecule has 1 aliphatic heterocycles. The van der Waals surface area contributed by atoms with E-state index in [1.54, 1.807) is 10.4 Å². The number of sulfonamides is 1. The van der Waals surface area contributed by atoms with Gasteiger partial charge in [0, 0.05) is 30.9 Å². The molecule has 1 aliphatic rings. The average Bonchev–Trinajstić information content (AvgIpc) is 3.06. The second kappa shape index (κ2) is 11.1. The molecule has 0 unspecified atom stereocenters. The molecule has 2 rings (SSSR count). The first-order valence-corrected chi connectivity index (χ1v) is 10.8. The van der Waals surface area contributed by atoms with Crippen LogP contribution in [0.5, 0.6) is 0 Å². The summed E-state index contributed by atoms with van der Waals surface area (Å²) in [4.78, 5) is 12.6. The van der Waals surface area contributed by atoms with Gasteiger partial charge >= 0.3 is 0 Å². The molecule has 0 spiro atoms. The van der Waals surface area contributed by atoms with Crippen LogP contribution >= 0.6 is 23.7 Å². The maximum atomic E-state index is 12.6. The Morgan fingerprint density at radius 1 is 1.20 bits per heavy atom. The van der Waals surface area contributed by atoms with Crippen molar-refractivity contribution in [1.82, 2.24) is 14.9 Å². The van der Waals surface area contributed by atoms with E-state index in [0.717, 1.165) is 37.1 Å².